The predicted octanol–water partition coefficient (Wildman–Crippen LogP) is 3.61. The fourth-order valence-electron chi connectivity index (χ4n) is 0.500. The van der Waals surface area contributed by atoms with Gasteiger partial charge in [0.2, 0.25) is 0 Å². The number of hydrogen-bond acceptors (Lipinski definition) is 2. The van der Waals surface area contributed by atoms with E-state index in [1.54, 1.807) is 13.8 Å². The first-order valence-electron chi connectivity index (χ1n) is 6.21. The van der Waals surface area contributed by atoms with Crippen molar-refractivity contribution in [2.75, 3.05) is 6.61 Å². The summed E-state index contributed by atoms with van der Waals surface area (Å²) in [7, 11) is 0. The summed E-state index contributed by atoms with van der Waals surface area (Å²) in [5, 5.41) is 16.2. The first kappa shape index (κ1) is 20.3. The molecule has 0 aromatic rings. The Morgan fingerprint density at radius 1 is 0.867 bits per heavy atom. The molecule has 0 aliphatic carbocycles. The molecule has 2 nitrogen and oxygen atoms in total. The van der Waals surface area contributed by atoms with Crippen LogP contribution in [0.25, 0.3) is 0 Å². The highest BCUT2D eigenvalue weighted by Gasteiger charge is 1.81. The van der Waals surface area contributed by atoms with Gasteiger partial charge in [0.25, 0.3) is 0 Å². The van der Waals surface area contributed by atoms with Gasteiger partial charge in [-0.2, -0.15) is 0 Å². The largest absolute Gasteiger partial charge is 0.396 e. The van der Waals surface area contributed by atoms with Crippen molar-refractivity contribution in [3.8, 4) is 0 Å². The minimum Gasteiger partial charge on any atom is -0.396 e. The molecule has 0 rings (SSSR count). The van der Waals surface area contributed by atoms with E-state index in [-0.39, 0.29) is 6.10 Å². The molecule has 2 heteroatoms. The smallest absolute Gasteiger partial charge is 0.0483 e. The summed E-state index contributed by atoms with van der Waals surface area (Å²) in [5.74, 6) is 0.440. The molecule has 0 amide bonds. The van der Waals surface area contributed by atoms with Crippen molar-refractivity contribution in [1.82, 2.24) is 0 Å². The van der Waals surface area contributed by atoms with Gasteiger partial charge in [-0.15, -0.1) is 0 Å². The highest BCUT2D eigenvalue weighted by molar-refractivity contribution is 4.32. The lowest BCUT2D eigenvalue weighted by atomic mass is 10.2. The number of aliphatic hydroxyl groups excluding tert-OH is 2. The summed E-state index contributed by atoms with van der Waals surface area (Å²) >= 11 is 0. The Hall–Kier alpha value is -0.0800. The molecule has 0 radical (unpaired) electrons. The van der Waals surface area contributed by atoms with E-state index in [1.165, 1.54) is 25.7 Å². The molecule has 0 aliphatic rings. The van der Waals surface area contributed by atoms with Crippen molar-refractivity contribution in [2.24, 2.45) is 5.92 Å². The molecule has 0 saturated carbocycles. The molecule has 2 N–H and O–H groups in total. The zero-order valence-corrected chi connectivity index (χ0v) is 11.6. The lowest BCUT2D eigenvalue weighted by molar-refractivity contribution is 0.216. The van der Waals surface area contributed by atoms with E-state index in [4.69, 9.17) is 10.2 Å². The zero-order chi connectivity index (χ0) is 12.7. The number of rotatable bonds is 4. The van der Waals surface area contributed by atoms with Crippen LogP contribution in [-0.4, -0.2) is 22.9 Å². The zero-order valence-electron chi connectivity index (χ0n) is 11.6. The molecule has 0 bridgehead atoms. The number of hydrogen-bond donors (Lipinski definition) is 2. The molecular weight excluding hydrogens is 188 g/mol. The van der Waals surface area contributed by atoms with Gasteiger partial charge >= 0.3 is 0 Å². The summed E-state index contributed by atoms with van der Waals surface area (Å²) in [4.78, 5) is 0. The van der Waals surface area contributed by atoms with Gasteiger partial charge in [-0.3, -0.25) is 0 Å². The lowest BCUT2D eigenvalue weighted by Crippen LogP contribution is -1.90. The summed E-state index contributed by atoms with van der Waals surface area (Å²) < 4.78 is 0. The van der Waals surface area contributed by atoms with Crippen LogP contribution >= 0.6 is 0 Å². The highest BCUT2D eigenvalue weighted by Crippen LogP contribution is 1.95. The van der Waals surface area contributed by atoms with Crippen molar-refractivity contribution in [1.29, 1.82) is 0 Å². The summed E-state index contributed by atoms with van der Waals surface area (Å²) in [6.07, 6.45) is 5.37. The van der Waals surface area contributed by atoms with E-state index in [0.717, 1.165) is 0 Å². The van der Waals surface area contributed by atoms with E-state index in [9.17, 15) is 0 Å². The van der Waals surface area contributed by atoms with Gasteiger partial charge in [0, 0.05) is 12.7 Å². The second kappa shape index (κ2) is 19.5. The van der Waals surface area contributed by atoms with Gasteiger partial charge in [-0.1, -0.05) is 53.4 Å². The third-order valence-corrected chi connectivity index (χ3v) is 1.32. The Kier molecular flexibility index (Phi) is 26.4. The molecule has 96 valence electrons. The quantitative estimate of drug-likeness (QED) is 0.711. The van der Waals surface area contributed by atoms with Gasteiger partial charge in [-0.25, -0.2) is 0 Å². The number of aliphatic hydroxyl groups is 2. The molecule has 0 fully saturated rings. The Morgan fingerprint density at radius 3 is 1.13 bits per heavy atom. The highest BCUT2D eigenvalue weighted by atomic mass is 16.3. The minimum atomic E-state index is -0.167. The Morgan fingerprint density at radius 2 is 1.07 bits per heavy atom. The second-order valence-corrected chi connectivity index (χ2v) is 4.38. The van der Waals surface area contributed by atoms with E-state index in [2.05, 4.69) is 13.8 Å². The normalized spacial score (nSPS) is 9.20. The van der Waals surface area contributed by atoms with Gasteiger partial charge in [0.05, 0.1) is 0 Å². The number of unbranched alkanes of at least 4 members (excludes halogenated alkanes) is 3. The van der Waals surface area contributed by atoms with Crippen LogP contribution in [-0.2, 0) is 0 Å². The SMILES string of the molecule is CC(C)CO.CC(C)O.CCCCCC. The van der Waals surface area contributed by atoms with E-state index >= 15 is 0 Å². The molecule has 0 aromatic heterocycles. The summed E-state index contributed by atoms with van der Waals surface area (Å²) in [5.41, 5.74) is 0. The molecular formula is C13H32O2. The van der Waals surface area contributed by atoms with Gasteiger partial charge in [0.15, 0.2) is 0 Å². The van der Waals surface area contributed by atoms with Crippen LogP contribution < -0.4 is 0 Å². The van der Waals surface area contributed by atoms with Crippen molar-refractivity contribution in [3.63, 3.8) is 0 Å². The van der Waals surface area contributed by atoms with Crippen molar-refractivity contribution in [2.45, 2.75) is 73.3 Å². The third-order valence-electron chi connectivity index (χ3n) is 1.32. The van der Waals surface area contributed by atoms with Crippen molar-refractivity contribution in [3.05, 3.63) is 0 Å². The molecule has 15 heavy (non-hydrogen) atoms. The molecule has 0 unspecified atom stereocenters. The fraction of sp³-hybridized carbons (Fsp3) is 1.00. The molecule has 0 aliphatic heterocycles. The maximum Gasteiger partial charge on any atom is 0.0483 e. The Labute approximate surface area is 96.7 Å². The first-order valence-corrected chi connectivity index (χ1v) is 6.21. The van der Waals surface area contributed by atoms with Crippen LogP contribution in [0.5, 0.6) is 0 Å². The fourth-order valence-corrected chi connectivity index (χ4v) is 0.500. The Bertz CT molecular complexity index is 73.9. The molecule has 0 aromatic carbocycles. The average molecular weight is 220 g/mol. The topological polar surface area (TPSA) is 40.5 Å². The third kappa shape index (κ3) is 81.7. The summed E-state index contributed by atoms with van der Waals surface area (Å²) in [6.45, 7) is 12.2. The molecule has 0 atom stereocenters. The van der Waals surface area contributed by atoms with Gasteiger partial charge in [0.1, 0.15) is 0 Å². The average Bonchev–Trinajstić information content (AvgIpc) is 2.14. The van der Waals surface area contributed by atoms with Crippen LogP contribution in [0.4, 0.5) is 0 Å². The van der Waals surface area contributed by atoms with Gasteiger partial charge in [-0.05, 0) is 19.8 Å². The maximum atomic E-state index is 8.14. The van der Waals surface area contributed by atoms with Crippen molar-refractivity contribution < 1.29 is 10.2 Å². The van der Waals surface area contributed by atoms with E-state index < -0.39 is 0 Å². The van der Waals surface area contributed by atoms with Gasteiger partial charge < -0.3 is 10.2 Å². The standard InChI is InChI=1S/C6H14.C4H10O.C3H8O/c1-3-5-6-4-2;1-4(2)3-5;1-3(2)4/h3-6H2,1-2H3;4-5H,3H2,1-2H3;3-4H,1-2H3. The second-order valence-electron chi connectivity index (χ2n) is 4.38. The van der Waals surface area contributed by atoms with Crippen molar-refractivity contribution >= 4 is 0 Å². The predicted molar refractivity (Wildman–Crippen MR) is 69.1 cm³/mol. The molecule has 0 saturated heterocycles. The first-order chi connectivity index (χ1) is 6.92. The van der Waals surface area contributed by atoms with Crippen LogP contribution in [0.15, 0.2) is 0 Å². The maximum absolute atomic E-state index is 8.14. The summed E-state index contributed by atoms with van der Waals surface area (Å²) in [6, 6.07) is 0. The van der Waals surface area contributed by atoms with E-state index in [1.807, 2.05) is 13.8 Å². The van der Waals surface area contributed by atoms with Crippen LogP contribution in [0.2, 0.25) is 0 Å². The Balaban J connectivity index is -0.000000147. The van der Waals surface area contributed by atoms with Crippen LogP contribution in [0.1, 0.15) is 67.2 Å². The molecule has 0 heterocycles. The van der Waals surface area contributed by atoms with E-state index in [0.29, 0.717) is 12.5 Å². The molecule has 0 spiro atoms. The van der Waals surface area contributed by atoms with Crippen LogP contribution in [0.3, 0.4) is 0 Å². The lowest BCUT2D eigenvalue weighted by Gasteiger charge is -1.90. The minimum absolute atomic E-state index is 0.167. The monoisotopic (exact) mass is 220 g/mol. The van der Waals surface area contributed by atoms with Crippen LogP contribution in [0, 0.1) is 5.92 Å².